The number of aromatic nitrogens is 1. The highest BCUT2D eigenvalue weighted by Gasteiger charge is 2.02. The van der Waals surface area contributed by atoms with E-state index in [4.69, 9.17) is 0 Å². The van der Waals surface area contributed by atoms with Gasteiger partial charge in [-0.15, -0.1) is 0 Å². The average molecular weight is 170 g/mol. The predicted octanol–water partition coefficient (Wildman–Crippen LogP) is 0.788. The molecule has 0 fully saturated rings. The zero-order valence-electron chi connectivity index (χ0n) is 5.90. The lowest BCUT2D eigenvalue weighted by atomic mass is 10.3. The summed E-state index contributed by atoms with van der Waals surface area (Å²) in [7, 11) is -3.17. The van der Waals surface area contributed by atoms with Gasteiger partial charge >= 0.3 is 0 Å². The Morgan fingerprint density at radius 2 is 2.27 bits per heavy atom. The molecule has 0 aliphatic carbocycles. The minimum atomic E-state index is -3.17. The van der Waals surface area contributed by atoms with E-state index in [2.05, 4.69) is 11.2 Å². The van der Waals surface area contributed by atoms with Crippen molar-refractivity contribution >= 4 is 9.84 Å². The Labute approximate surface area is 66.0 Å². The first-order valence-corrected chi connectivity index (χ1v) is 4.85. The third-order valence-electron chi connectivity index (χ3n) is 1.11. The van der Waals surface area contributed by atoms with Gasteiger partial charge in [0, 0.05) is 12.4 Å². The number of rotatable bonds is 2. The lowest BCUT2D eigenvalue weighted by molar-refractivity contribution is 0.603. The van der Waals surface area contributed by atoms with Crippen molar-refractivity contribution in [2.75, 3.05) is 0 Å². The number of hydrogen-bond acceptors (Lipinski definition) is 3. The average Bonchev–Trinajstić information content (AvgIpc) is 1.85. The van der Waals surface area contributed by atoms with Gasteiger partial charge in [0.05, 0.1) is 12.0 Å². The highest BCUT2D eigenvalue weighted by Crippen LogP contribution is 2.02. The number of hydrogen-bond donors (Lipinski definition) is 0. The molecule has 1 heterocycles. The Morgan fingerprint density at radius 3 is 2.73 bits per heavy atom. The molecule has 0 saturated carbocycles. The Morgan fingerprint density at radius 1 is 1.55 bits per heavy atom. The van der Waals surface area contributed by atoms with Crippen LogP contribution in [0.2, 0.25) is 0 Å². The van der Waals surface area contributed by atoms with E-state index < -0.39 is 9.84 Å². The van der Waals surface area contributed by atoms with E-state index in [-0.39, 0.29) is 5.75 Å². The van der Waals surface area contributed by atoms with Crippen LogP contribution in [0.1, 0.15) is 5.56 Å². The standard InChI is InChI=1S/C7H8NO2S/c1-11(9,10)6-7-3-2-4-8-5-7/h2-5H,1,6H2. The van der Waals surface area contributed by atoms with Crippen molar-refractivity contribution in [1.82, 2.24) is 4.98 Å². The second-order valence-electron chi connectivity index (χ2n) is 2.25. The topological polar surface area (TPSA) is 47.0 Å². The molecule has 0 unspecified atom stereocenters. The van der Waals surface area contributed by atoms with Crippen molar-refractivity contribution in [3.63, 3.8) is 0 Å². The first kappa shape index (κ1) is 8.20. The third-order valence-corrected chi connectivity index (χ3v) is 1.88. The molecule has 0 bridgehead atoms. The molecule has 11 heavy (non-hydrogen) atoms. The third kappa shape index (κ3) is 3.13. The van der Waals surface area contributed by atoms with E-state index in [1.807, 2.05) is 0 Å². The maximum Gasteiger partial charge on any atom is 0.155 e. The molecule has 0 atom stereocenters. The summed E-state index contributed by atoms with van der Waals surface area (Å²) >= 11 is 0. The van der Waals surface area contributed by atoms with Gasteiger partial charge in [0.15, 0.2) is 9.84 Å². The first-order valence-electron chi connectivity index (χ1n) is 3.02. The van der Waals surface area contributed by atoms with E-state index in [0.717, 1.165) is 0 Å². The fraction of sp³-hybridized carbons (Fsp3) is 0.143. The van der Waals surface area contributed by atoms with Crippen LogP contribution < -0.4 is 0 Å². The van der Waals surface area contributed by atoms with Crippen molar-refractivity contribution in [2.24, 2.45) is 0 Å². The minimum absolute atomic E-state index is 0.0408. The molecule has 1 radical (unpaired) electrons. The fourth-order valence-electron chi connectivity index (χ4n) is 0.737. The molecule has 3 nitrogen and oxygen atoms in total. The lowest BCUT2D eigenvalue weighted by Crippen LogP contribution is -1.97. The van der Waals surface area contributed by atoms with E-state index in [1.165, 1.54) is 6.20 Å². The van der Waals surface area contributed by atoms with Crippen molar-refractivity contribution < 1.29 is 8.42 Å². The first-order chi connectivity index (χ1) is 5.08. The molecule has 0 N–H and O–H groups in total. The predicted molar refractivity (Wildman–Crippen MR) is 42.2 cm³/mol. The van der Waals surface area contributed by atoms with Crippen LogP contribution in [0.15, 0.2) is 24.5 Å². The molecule has 0 aromatic carbocycles. The summed E-state index contributed by atoms with van der Waals surface area (Å²) in [6.07, 6.45) is 6.12. The van der Waals surface area contributed by atoms with Crippen LogP contribution in [-0.4, -0.2) is 13.4 Å². The SMILES string of the molecule is [CH2]S(=O)(=O)Cc1cccnc1. The fourth-order valence-corrected chi connectivity index (χ4v) is 1.42. The summed E-state index contributed by atoms with van der Waals surface area (Å²) in [5.74, 6) is -0.0408. The normalized spacial score (nSPS) is 11.4. The highest BCUT2D eigenvalue weighted by molar-refractivity contribution is 7.91. The summed E-state index contributed by atoms with van der Waals surface area (Å²) in [5.41, 5.74) is 0.669. The Bertz CT molecular complexity index is 318. The number of sulfone groups is 1. The molecule has 0 aliphatic heterocycles. The second-order valence-corrected chi connectivity index (χ2v) is 4.02. The molecule has 1 aromatic heterocycles. The van der Waals surface area contributed by atoms with Crippen molar-refractivity contribution in [1.29, 1.82) is 0 Å². The van der Waals surface area contributed by atoms with Crippen LogP contribution in [0.4, 0.5) is 0 Å². The zero-order valence-corrected chi connectivity index (χ0v) is 6.71. The molecule has 0 saturated heterocycles. The maximum atomic E-state index is 10.7. The van der Waals surface area contributed by atoms with Crippen molar-refractivity contribution in [3.05, 3.63) is 36.3 Å². The molecule has 4 heteroatoms. The van der Waals surface area contributed by atoms with Crippen LogP contribution in [0.3, 0.4) is 0 Å². The Hall–Kier alpha value is -0.900. The number of pyridine rings is 1. The van der Waals surface area contributed by atoms with E-state index in [1.54, 1.807) is 18.3 Å². The molecule has 0 spiro atoms. The summed E-state index contributed by atoms with van der Waals surface area (Å²) in [4.78, 5) is 3.78. The van der Waals surface area contributed by atoms with Crippen LogP contribution in [0.5, 0.6) is 0 Å². The Balaban J connectivity index is 2.82. The zero-order chi connectivity index (χ0) is 8.32. The molecule has 0 aliphatic rings. The van der Waals surface area contributed by atoms with Gasteiger partial charge in [-0.25, -0.2) is 8.42 Å². The minimum Gasteiger partial charge on any atom is -0.264 e. The van der Waals surface area contributed by atoms with Gasteiger partial charge in [0.25, 0.3) is 0 Å². The summed E-state index contributed by atoms with van der Waals surface area (Å²) in [6, 6.07) is 3.40. The quantitative estimate of drug-likeness (QED) is 0.659. The van der Waals surface area contributed by atoms with E-state index in [9.17, 15) is 8.42 Å². The van der Waals surface area contributed by atoms with Gasteiger partial charge in [0.2, 0.25) is 0 Å². The van der Waals surface area contributed by atoms with E-state index >= 15 is 0 Å². The Kier molecular flexibility index (Phi) is 2.24. The van der Waals surface area contributed by atoms with Gasteiger partial charge in [-0.2, -0.15) is 0 Å². The van der Waals surface area contributed by atoms with E-state index in [0.29, 0.717) is 5.56 Å². The largest absolute Gasteiger partial charge is 0.264 e. The van der Waals surface area contributed by atoms with Crippen LogP contribution in [0, 0.1) is 6.26 Å². The van der Waals surface area contributed by atoms with Gasteiger partial charge in [-0.3, -0.25) is 4.98 Å². The highest BCUT2D eigenvalue weighted by atomic mass is 32.2. The second kappa shape index (κ2) is 3.00. The van der Waals surface area contributed by atoms with Crippen molar-refractivity contribution in [3.8, 4) is 0 Å². The van der Waals surface area contributed by atoms with Crippen LogP contribution in [-0.2, 0) is 15.6 Å². The smallest absolute Gasteiger partial charge is 0.155 e. The summed E-state index contributed by atoms with van der Waals surface area (Å²) < 4.78 is 21.3. The number of nitrogens with zero attached hydrogens (tertiary/aromatic N) is 1. The van der Waals surface area contributed by atoms with Gasteiger partial charge in [0.1, 0.15) is 0 Å². The van der Waals surface area contributed by atoms with Gasteiger partial charge in [-0.1, -0.05) is 6.07 Å². The molecule has 1 rings (SSSR count). The molecule has 59 valence electrons. The summed E-state index contributed by atoms with van der Waals surface area (Å²) in [5, 5.41) is 0. The molecular formula is C7H8NO2S. The van der Waals surface area contributed by atoms with Crippen LogP contribution >= 0.6 is 0 Å². The molecule has 0 amide bonds. The van der Waals surface area contributed by atoms with Crippen molar-refractivity contribution in [2.45, 2.75) is 5.75 Å². The van der Waals surface area contributed by atoms with Crippen LogP contribution in [0.25, 0.3) is 0 Å². The monoisotopic (exact) mass is 170 g/mol. The lowest BCUT2D eigenvalue weighted by Gasteiger charge is -1.95. The maximum absolute atomic E-state index is 10.7. The molecular weight excluding hydrogens is 162 g/mol. The summed E-state index contributed by atoms with van der Waals surface area (Å²) in [6.45, 7) is 0. The molecule has 1 aromatic rings. The van der Waals surface area contributed by atoms with Gasteiger partial charge < -0.3 is 0 Å². The van der Waals surface area contributed by atoms with Gasteiger partial charge in [-0.05, 0) is 11.6 Å².